The molecule has 1 unspecified atom stereocenters. The maximum absolute atomic E-state index is 12.9. The van der Waals surface area contributed by atoms with E-state index in [0.29, 0.717) is 11.4 Å². The van der Waals surface area contributed by atoms with Crippen molar-refractivity contribution in [3.05, 3.63) is 36.7 Å². The fourth-order valence-corrected chi connectivity index (χ4v) is 4.63. The molecule has 2 heterocycles. The molecule has 1 saturated heterocycles. The minimum Gasteiger partial charge on any atom is -0.344 e. The highest BCUT2D eigenvalue weighted by molar-refractivity contribution is 7.89. The molecule has 106 valence electrons. The Morgan fingerprint density at radius 3 is 3.00 bits per heavy atom. The Balaban J connectivity index is 2.14. The lowest BCUT2D eigenvalue weighted by atomic mass is 10.2. The van der Waals surface area contributed by atoms with Crippen LogP contribution in [0.15, 0.2) is 41.6 Å². The molecule has 1 aliphatic heterocycles. The molecule has 1 aromatic carbocycles. The van der Waals surface area contributed by atoms with Crippen molar-refractivity contribution in [3.63, 3.8) is 0 Å². The first-order valence-corrected chi connectivity index (χ1v) is 8.27. The van der Waals surface area contributed by atoms with Gasteiger partial charge >= 0.3 is 0 Å². The van der Waals surface area contributed by atoms with Gasteiger partial charge in [0.25, 0.3) is 0 Å². The van der Waals surface area contributed by atoms with E-state index in [4.69, 9.17) is 0 Å². The summed E-state index contributed by atoms with van der Waals surface area (Å²) >= 11 is 0. The Labute approximate surface area is 118 Å². The van der Waals surface area contributed by atoms with Gasteiger partial charge in [0.05, 0.1) is 30.6 Å². The topological polar surface area (TPSA) is 68.1 Å². The molecule has 0 spiro atoms. The second-order valence-corrected chi connectivity index (χ2v) is 7.04. The van der Waals surface area contributed by atoms with Crippen LogP contribution in [0, 0.1) is 0 Å². The Morgan fingerprint density at radius 1 is 1.35 bits per heavy atom. The van der Waals surface area contributed by atoms with E-state index in [1.807, 2.05) is 25.3 Å². The molecule has 0 aliphatic carbocycles. The molecule has 1 fully saturated rings. The highest BCUT2D eigenvalue weighted by Crippen LogP contribution is 2.25. The zero-order chi connectivity index (χ0) is 14.2. The molecule has 0 radical (unpaired) electrons. The van der Waals surface area contributed by atoms with Crippen molar-refractivity contribution in [2.45, 2.75) is 17.9 Å². The van der Waals surface area contributed by atoms with Gasteiger partial charge in [-0.1, -0.05) is 6.07 Å². The van der Waals surface area contributed by atoms with Gasteiger partial charge in [-0.15, -0.1) is 0 Å². The van der Waals surface area contributed by atoms with Gasteiger partial charge in [0, 0.05) is 16.8 Å². The molecular weight excluding hydrogens is 274 g/mol. The van der Waals surface area contributed by atoms with Crippen molar-refractivity contribution in [2.75, 3.05) is 19.6 Å². The van der Waals surface area contributed by atoms with Gasteiger partial charge in [0.1, 0.15) is 0 Å². The molecule has 0 saturated carbocycles. The fraction of sp³-hybridized carbons (Fsp3) is 0.357. The second-order valence-electron chi connectivity index (χ2n) is 5.18. The van der Waals surface area contributed by atoms with Crippen molar-refractivity contribution in [2.24, 2.45) is 0 Å². The lowest BCUT2D eigenvalue weighted by molar-refractivity contribution is -0.666. The third-order valence-corrected chi connectivity index (χ3v) is 5.90. The fourth-order valence-electron chi connectivity index (χ4n) is 2.76. The summed E-state index contributed by atoms with van der Waals surface area (Å²) in [4.78, 5) is 3.39. The Kier molecular flexibility index (Phi) is 3.45. The standard InChI is InChI=1S/C14H17N3O2S/c1-11-9-16-7-8-17(11)20(18,19)14-4-2-3-12-10-15-6-5-13(12)14/h2-6,10-11,16H,7-9H2,1H3/p+2. The number of quaternary nitrogens is 1. The van der Waals surface area contributed by atoms with Crippen LogP contribution in [0.1, 0.15) is 6.92 Å². The van der Waals surface area contributed by atoms with E-state index in [-0.39, 0.29) is 6.04 Å². The third kappa shape index (κ3) is 2.19. The molecule has 20 heavy (non-hydrogen) atoms. The van der Waals surface area contributed by atoms with E-state index in [1.54, 1.807) is 22.6 Å². The molecule has 2 aromatic rings. The van der Waals surface area contributed by atoms with Gasteiger partial charge in [0.2, 0.25) is 10.0 Å². The quantitative estimate of drug-likeness (QED) is 0.819. The smallest absolute Gasteiger partial charge is 0.244 e. The molecule has 1 aliphatic rings. The number of rotatable bonds is 2. The maximum Gasteiger partial charge on any atom is 0.244 e. The third-order valence-electron chi connectivity index (χ3n) is 3.82. The molecule has 0 bridgehead atoms. The number of nitrogens with two attached hydrogens (primary N) is 1. The average Bonchev–Trinajstić information content (AvgIpc) is 2.47. The van der Waals surface area contributed by atoms with Crippen LogP contribution in [0.3, 0.4) is 0 Å². The van der Waals surface area contributed by atoms with Crippen molar-refractivity contribution in [1.29, 1.82) is 0 Å². The van der Waals surface area contributed by atoms with E-state index in [1.165, 1.54) is 0 Å². The van der Waals surface area contributed by atoms with Gasteiger partial charge < -0.3 is 5.32 Å². The number of hydrogen-bond donors (Lipinski definition) is 1. The molecule has 1 aromatic heterocycles. The van der Waals surface area contributed by atoms with E-state index < -0.39 is 10.0 Å². The molecule has 6 heteroatoms. The van der Waals surface area contributed by atoms with Crippen molar-refractivity contribution in [1.82, 2.24) is 4.31 Å². The average molecular weight is 293 g/mol. The van der Waals surface area contributed by atoms with Gasteiger partial charge in [-0.2, -0.15) is 4.31 Å². The second kappa shape index (κ2) is 5.12. The molecular formula is C14H19N3O2S+2. The van der Waals surface area contributed by atoms with Gasteiger partial charge in [-0.25, -0.2) is 13.4 Å². The Bertz CT molecular complexity index is 725. The van der Waals surface area contributed by atoms with Crippen LogP contribution in [0.25, 0.3) is 10.8 Å². The number of H-pyrrole nitrogens is 1. The maximum atomic E-state index is 12.9. The summed E-state index contributed by atoms with van der Waals surface area (Å²) in [6.07, 6.45) is 3.58. The van der Waals surface area contributed by atoms with E-state index in [9.17, 15) is 8.42 Å². The number of aromatic amines is 1. The lowest BCUT2D eigenvalue weighted by Gasteiger charge is -2.30. The number of piperazine rings is 1. The van der Waals surface area contributed by atoms with E-state index in [2.05, 4.69) is 10.3 Å². The summed E-state index contributed by atoms with van der Waals surface area (Å²) in [6.45, 7) is 4.17. The minimum atomic E-state index is -3.44. The van der Waals surface area contributed by atoms with Crippen molar-refractivity contribution < 1.29 is 18.7 Å². The van der Waals surface area contributed by atoms with Crippen LogP contribution in [-0.2, 0) is 10.0 Å². The summed E-state index contributed by atoms with van der Waals surface area (Å²) in [5.74, 6) is 0. The van der Waals surface area contributed by atoms with Gasteiger partial charge in [-0.3, -0.25) is 0 Å². The zero-order valence-electron chi connectivity index (χ0n) is 11.4. The Morgan fingerprint density at radius 2 is 2.20 bits per heavy atom. The number of hydrogen-bond acceptors (Lipinski definition) is 2. The number of fused-ring (bicyclic) bond motifs is 1. The number of nitrogens with one attached hydrogen (secondary N) is 1. The number of aromatic nitrogens is 1. The van der Waals surface area contributed by atoms with E-state index in [0.717, 1.165) is 23.9 Å². The van der Waals surface area contributed by atoms with E-state index >= 15 is 0 Å². The van der Waals surface area contributed by atoms with Crippen LogP contribution in [0.2, 0.25) is 0 Å². The summed E-state index contributed by atoms with van der Waals surface area (Å²) in [5, 5.41) is 3.84. The first-order chi connectivity index (χ1) is 9.60. The summed E-state index contributed by atoms with van der Waals surface area (Å²) < 4.78 is 27.5. The van der Waals surface area contributed by atoms with Crippen molar-refractivity contribution in [3.8, 4) is 0 Å². The van der Waals surface area contributed by atoms with Crippen LogP contribution >= 0.6 is 0 Å². The van der Waals surface area contributed by atoms with Gasteiger partial charge in [0.15, 0.2) is 12.4 Å². The van der Waals surface area contributed by atoms with Gasteiger partial charge in [-0.05, 0) is 19.1 Å². The monoisotopic (exact) mass is 293 g/mol. The predicted octanol–water partition coefficient (Wildman–Crippen LogP) is -0.390. The lowest BCUT2D eigenvalue weighted by Crippen LogP contribution is -2.91. The number of pyridine rings is 1. The minimum absolute atomic E-state index is 0.0271. The number of benzene rings is 1. The summed E-state index contributed by atoms with van der Waals surface area (Å²) in [6, 6.07) is 7.26. The Hall–Kier alpha value is -1.50. The summed E-state index contributed by atoms with van der Waals surface area (Å²) in [7, 11) is -3.44. The van der Waals surface area contributed by atoms with Crippen molar-refractivity contribution >= 4 is 20.8 Å². The molecule has 5 nitrogen and oxygen atoms in total. The highest BCUT2D eigenvalue weighted by atomic mass is 32.2. The van der Waals surface area contributed by atoms with Crippen LogP contribution in [-0.4, -0.2) is 38.4 Å². The zero-order valence-corrected chi connectivity index (χ0v) is 12.2. The molecule has 1 atom stereocenters. The summed E-state index contributed by atoms with van der Waals surface area (Å²) in [5.41, 5.74) is 0. The SMILES string of the molecule is CC1C[NH2+]CCN1S(=O)(=O)c1cccc2c[nH+]ccc12. The normalized spacial score (nSPS) is 21.1. The van der Waals surface area contributed by atoms with Crippen LogP contribution in [0.5, 0.6) is 0 Å². The molecule has 0 amide bonds. The largest absolute Gasteiger partial charge is 0.344 e. The van der Waals surface area contributed by atoms with Crippen LogP contribution in [0.4, 0.5) is 0 Å². The number of nitrogens with zero attached hydrogens (tertiary/aromatic N) is 1. The number of sulfonamides is 1. The molecule has 3 N–H and O–H groups in total. The predicted molar refractivity (Wildman–Crippen MR) is 75.5 cm³/mol. The first kappa shape index (κ1) is 13.5. The molecule has 3 rings (SSSR count). The van der Waals surface area contributed by atoms with Crippen LogP contribution < -0.4 is 10.3 Å². The first-order valence-electron chi connectivity index (χ1n) is 6.83. The highest BCUT2D eigenvalue weighted by Gasteiger charge is 2.33.